The maximum atomic E-state index is 12.7. The average Bonchev–Trinajstić information content (AvgIpc) is 3.17. The molecule has 2 unspecified atom stereocenters. The number of hydrogen-bond acceptors (Lipinski definition) is 4. The van der Waals surface area contributed by atoms with Gasteiger partial charge in [-0.25, -0.2) is 4.79 Å². The van der Waals surface area contributed by atoms with Gasteiger partial charge < -0.3 is 15.7 Å². The topological polar surface area (TPSA) is 83.6 Å². The minimum Gasteiger partial charge on any atom is -0.480 e. The molecule has 0 aromatic rings. The zero-order valence-corrected chi connectivity index (χ0v) is 13.1. The quantitative estimate of drug-likeness (QED) is 0.827. The van der Waals surface area contributed by atoms with Crippen LogP contribution in [0, 0.1) is 5.92 Å². The van der Waals surface area contributed by atoms with Gasteiger partial charge in [0.1, 0.15) is 6.04 Å². The van der Waals surface area contributed by atoms with Crippen LogP contribution in [0.3, 0.4) is 0 Å². The molecule has 2 saturated carbocycles. The first-order valence-corrected chi connectivity index (χ1v) is 8.99. The summed E-state index contributed by atoms with van der Waals surface area (Å²) in [4.78, 5) is 25.8. The van der Waals surface area contributed by atoms with Crippen molar-refractivity contribution in [2.45, 2.75) is 68.3 Å². The molecule has 0 bridgehead atoms. The maximum absolute atomic E-state index is 12.7. The molecule has 0 aromatic heterocycles. The largest absolute Gasteiger partial charge is 0.480 e. The van der Waals surface area contributed by atoms with Crippen molar-refractivity contribution in [2.75, 3.05) is 5.75 Å². The number of carboxylic acids is 1. The van der Waals surface area contributed by atoms with Crippen LogP contribution in [0.1, 0.15) is 51.4 Å². The highest BCUT2D eigenvalue weighted by molar-refractivity contribution is 8.00. The van der Waals surface area contributed by atoms with Gasteiger partial charge in [-0.2, -0.15) is 0 Å². The third kappa shape index (κ3) is 3.21. The summed E-state index contributed by atoms with van der Waals surface area (Å²) in [5, 5.41) is 9.45. The fourth-order valence-electron chi connectivity index (χ4n) is 3.60. The van der Waals surface area contributed by atoms with E-state index < -0.39 is 17.6 Å². The van der Waals surface area contributed by atoms with Gasteiger partial charge in [0.25, 0.3) is 0 Å². The zero-order valence-electron chi connectivity index (χ0n) is 12.3. The number of nitrogens with zero attached hydrogens (tertiary/aromatic N) is 1. The van der Waals surface area contributed by atoms with E-state index in [0.717, 1.165) is 38.5 Å². The van der Waals surface area contributed by atoms with Crippen molar-refractivity contribution >= 4 is 23.6 Å². The molecule has 0 radical (unpaired) electrons. The fourth-order valence-corrected chi connectivity index (χ4v) is 5.26. The smallest absolute Gasteiger partial charge is 0.327 e. The minimum atomic E-state index is -0.881. The highest BCUT2D eigenvalue weighted by Gasteiger charge is 2.48. The van der Waals surface area contributed by atoms with Gasteiger partial charge in [0, 0.05) is 17.7 Å². The van der Waals surface area contributed by atoms with Gasteiger partial charge >= 0.3 is 5.97 Å². The van der Waals surface area contributed by atoms with Crippen LogP contribution in [0.2, 0.25) is 0 Å². The number of carbonyl (C=O) groups excluding carboxylic acids is 1. The number of thioether (sulfide) groups is 1. The number of carboxylic acid groups (broad SMARTS) is 1. The lowest BCUT2D eigenvalue weighted by atomic mass is 9.80. The molecule has 3 fully saturated rings. The summed E-state index contributed by atoms with van der Waals surface area (Å²) in [6.45, 7) is 0. The molecule has 5 nitrogen and oxygen atoms in total. The molecule has 2 aliphatic carbocycles. The van der Waals surface area contributed by atoms with Crippen LogP contribution < -0.4 is 5.73 Å². The summed E-state index contributed by atoms with van der Waals surface area (Å²) >= 11 is 1.63. The van der Waals surface area contributed by atoms with Crippen LogP contribution in [-0.2, 0) is 9.59 Å². The fraction of sp³-hybridized carbons (Fsp3) is 0.867. The first-order valence-electron chi connectivity index (χ1n) is 7.95. The molecule has 1 amide bonds. The normalized spacial score (nSPS) is 32.1. The second-order valence-corrected chi connectivity index (χ2v) is 7.97. The maximum Gasteiger partial charge on any atom is 0.327 e. The third-order valence-electron chi connectivity index (χ3n) is 4.99. The lowest BCUT2D eigenvalue weighted by Crippen LogP contribution is -2.51. The molecule has 118 valence electrons. The molecule has 6 heteroatoms. The van der Waals surface area contributed by atoms with Crippen molar-refractivity contribution in [2.24, 2.45) is 11.7 Å². The van der Waals surface area contributed by atoms with E-state index in [1.54, 1.807) is 16.7 Å². The van der Waals surface area contributed by atoms with Crippen LogP contribution in [0.25, 0.3) is 0 Å². The van der Waals surface area contributed by atoms with Gasteiger partial charge in [-0.3, -0.25) is 4.79 Å². The van der Waals surface area contributed by atoms with Crippen LogP contribution in [-0.4, -0.2) is 44.6 Å². The number of hydrogen-bond donors (Lipinski definition) is 2. The molecule has 3 aliphatic rings. The van der Waals surface area contributed by atoms with Crippen molar-refractivity contribution in [3.8, 4) is 0 Å². The van der Waals surface area contributed by atoms with E-state index in [1.807, 2.05) is 0 Å². The SMILES string of the molecule is NC1(CC(=O)N2C(C(=O)O)CSC2C2CC2)CCCCC1. The Morgan fingerprint density at radius 2 is 1.90 bits per heavy atom. The van der Waals surface area contributed by atoms with Crippen molar-refractivity contribution in [1.29, 1.82) is 0 Å². The van der Waals surface area contributed by atoms with E-state index >= 15 is 0 Å². The first-order chi connectivity index (χ1) is 10.0. The van der Waals surface area contributed by atoms with Crippen LogP contribution in [0.5, 0.6) is 0 Å². The van der Waals surface area contributed by atoms with E-state index in [1.165, 1.54) is 6.42 Å². The van der Waals surface area contributed by atoms with Gasteiger partial charge in [-0.15, -0.1) is 11.8 Å². The Labute approximate surface area is 129 Å². The number of amides is 1. The summed E-state index contributed by atoms with van der Waals surface area (Å²) in [7, 11) is 0. The highest BCUT2D eigenvalue weighted by atomic mass is 32.2. The Hall–Kier alpha value is -0.750. The molecular weight excluding hydrogens is 288 g/mol. The van der Waals surface area contributed by atoms with Crippen molar-refractivity contribution < 1.29 is 14.7 Å². The number of nitrogens with two attached hydrogens (primary N) is 1. The first kappa shape index (κ1) is 15.2. The molecule has 1 saturated heterocycles. The van der Waals surface area contributed by atoms with Crippen LogP contribution in [0.15, 0.2) is 0 Å². The predicted molar refractivity (Wildman–Crippen MR) is 81.9 cm³/mol. The molecule has 1 aliphatic heterocycles. The van der Waals surface area contributed by atoms with Gasteiger partial charge in [0.15, 0.2) is 0 Å². The molecule has 1 heterocycles. The summed E-state index contributed by atoms with van der Waals surface area (Å²) in [5.74, 6) is 0.0746. The lowest BCUT2D eigenvalue weighted by Gasteiger charge is -2.36. The Morgan fingerprint density at radius 1 is 1.24 bits per heavy atom. The number of aliphatic carboxylic acids is 1. The van der Waals surface area contributed by atoms with Crippen molar-refractivity contribution in [3.63, 3.8) is 0 Å². The van der Waals surface area contributed by atoms with Gasteiger partial charge in [0.2, 0.25) is 5.91 Å². The number of rotatable bonds is 4. The van der Waals surface area contributed by atoms with Crippen LogP contribution >= 0.6 is 11.8 Å². The summed E-state index contributed by atoms with van der Waals surface area (Å²) < 4.78 is 0. The summed E-state index contributed by atoms with van der Waals surface area (Å²) in [5.41, 5.74) is 5.97. The molecule has 2 atom stereocenters. The lowest BCUT2D eigenvalue weighted by molar-refractivity contribution is -0.150. The molecule has 0 aromatic carbocycles. The Balaban J connectivity index is 1.71. The monoisotopic (exact) mass is 312 g/mol. The minimum absolute atomic E-state index is 0.0475. The van der Waals surface area contributed by atoms with E-state index in [0.29, 0.717) is 18.1 Å². The Bertz CT molecular complexity index is 433. The second-order valence-electron chi connectivity index (χ2n) is 6.82. The summed E-state index contributed by atoms with van der Waals surface area (Å²) in [6, 6.07) is -0.666. The van der Waals surface area contributed by atoms with Crippen molar-refractivity contribution in [1.82, 2.24) is 4.90 Å². The second kappa shape index (κ2) is 5.80. The Morgan fingerprint density at radius 3 is 2.48 bits per heavy atom. The van der Waals surface area contributed by atoms with Crippen molar-refractivity contribution in [3.05, 3.63) is 0 Å². The van der Waals surface area contributed by atoms with E-state index in [4.69, 9.17) is 5.73 Å². The molecule has 0 spiro atoms. The molecule has 3 rings (SSSR count). The average molecular weight is 312 g/mol. The highest BCUT2D eigenvalue weighted by Crippen LogP contribution is 2.46. The van der Waals surface area contributed by atoms with E-state index in [9.17, 15) is 14.7 Å². The molecule has 3 N–H and O–H groups in total. The van der Waals surface area contributed by atoms with Gasteiger partial charge in [-0.05, 0) is 31.6 Å². The summed E-state index contributed by atoms with van der Waals surface area (Å²) in [6.07, 6.45) is 7.63. The molecular formula is C15H24N2O3S. The van der Waals surface area contributed by atoms with E-state index in [-0.39, 0.29) is 11.3 Å². The van der Waals surface area contributed by atoms with E-state index in [2.05, 4.69) is 0 Å². The number of carbonyl (C=O) groups is 2. The third-order valence-corrected chi connectivity index (χ3v) is 6.45. The van der Waals surface area contributed by atoms with Gasteiger partial charge in [0.05, 0.1) is 5.37 Å². The van der Waals surface area contributed by atoms with Gasteiger partial charge in [-0.1, -0.05) is 19.3 Å². The zero-order chi connectivity index (χ0) is 15.0. The van der Waals surface area contributed by atoms with Crippen LogP contribution in [0.4, 0.5) is 0 Å². The predicted octanol–water partition coefficient (Wildman–Crippen LogP) is 1.80. The Kier molecular flexibility index (Phi) is 4.19. The molecule has 21 heavy (non-hydrogen) atoms. The standard InChI is InChI=1S/C15H24N2O3S/c16-15(6-2-1-3-7-15)8-12(18)17-11(14(19)20)9-21-13(17)10-4-5-10/h10-11,13H,1-9,16H2,(H,19,20).